The number of halogens is 1. The molecule has 2 aromatic heterocycles. The number of hydrogen-bond donors (Lipinski definition) is 1. The fraction of sp³-hybridized carbons (Fsp3) is 0.125. The van der Waals surface area contributed by atoms with E-state index in [0.29, 0.717) is 17.9 Å². The van der Waals surface area contributed by atoms with Gasteiger partial charge in [-0.1, -0.05) is 30.3 Å². The maximum atomic E-state index is 13.1. The van der Waals surface area contributed by atoms with Gasteiger partial charge >= 0.3 is 0 Å². The van der Waals surface area contributed by atoms with Gasteiger partial charge in [0.15, 0.2) is 0 Å². The molecule has 3 rings (SSSR count). The fourth-order valence-corrected chi connectivity index (χ4v) is 2.13. The van der Waals surface area contributed by atoms with Crippen LogP contribution in [0.3, 0.4) is 0 Å². The van der Waals surface area contributed by atoms with Crippen molar-refractivity contribution in [2.45, 2.75) is 13.0 Å². The first-order chi connectivity index (χ1) is 10.2. The minimum absolute atomic E-state index is 0.109. The molecule has 1 N–H and O–H groups in total. The maximum Gasteiger partial charge on any atom is 0.226 e. The van der Waals surface area contributed by atoms with E-state index in [1.807, 2.05) is 30.3 Å². The summed E-state index contributed by atoms with van der Waals surface area (Å²) in [6.07, 6.45) is 3.18. The van der Waals surface area contributed by atoms with Gasteiger partial charge in [-0.2, -0.15) is 0 Å². The molecule has 0 spiro atoms. The quantitative estimate of drug-likeness (QED) is 0.799. The van der Waals surface area contributed by atoms with E-state index in [1.165, 1.54) is 12.3 Å². The molecule has 2 heterocycles. The number of hydrogen-bond acceptors (Lipinski definition) is 2. The Balaban J connectivity index is 1.63. The highest BCUT2D eigenvalue weighted by molar-refractivity contribution is 5.78. The Labute approximate surface area is 121 Å². The Morgan fingerprint density at radius 1 is 1.14 bits per heavy atom. The average Bonchev–Trinajstić information content (AvgIpc) is 2.87. The second kappa shape index (κ2) is 5.75. The van der Waals surface area contributed by atoms with Gasteiger partial charge in [0.05, 0.1) is 12.1 Å². The molecule has 4 nitrogen and oxygen atoms in total. The average molecular weight is 283 g/mol. The van der Waals surface area contributed by atoms with Crippen molar-refractivity contribution in [3.63, 3.8) is 0 Å². The van der Waals surface area contributed by atoms with Crippen LogP contribution in [0.5, 0.6) is 0 Å². The molecule has 0 radical (unpaired) electrons. The number of rotatable bonds is 4. The molecule has 5 heteroatoms. The Kier molecular flexibility index (Phi) is 3.64. The number of carbonyl (C=O) groups is 1. The lowest BCUT2D eigenvalue weighted by Gasteiger charge is -2.03. The van der Waals surface area contributed by atoms with Gasteiger partial charge in [0.25, 0.3) is 0 Å². The third-order valence-corrected chi connectivity index (χ3v) is 3.14. The van der Waals surface area contributed by atoms with Crippen LogP contribution >= 0.6 is 0 Å². The van der Waals surface area contributed by atoms with Gasteiger partial charge in [0.1, 0.15) is 11.5 Å². The first-order valence-electron chi connectivity index (χ1n) is 6.64. The van der Waals surface area contributed by atoms with E-state index in [1.54, 1.807) is 16.7 Å². The topological polar surface area (TPSA) is 46.4 Å². The summed E-state index contributed by atoms with van der Waals surface area (Å²) in [5, 5.41) is 2.84. The van der Waals surface area contributed by atoms with E-state index in [4.69, 9.17) is 0 Å². The number of nitrogens with zero attached hydrogens (tertiary/aromatic N) is 2. The van der Waals surface area contributed by atoms with Crippen LogP contribution in [0.4, 0.5) is 4.39 Å². The van der Waals surface area contributed by atoms with E-state index in [0.717, 1.165) is 5.56 Å². The summed E-state index contributed by atoms with van der Waals surface area (Å²) in [7, 11) is 0. The summed E-state index contributed by atoms with van der Waals surface area (Å²) in [5.41, 5.74) is 2.29. The van der Waals surface area contributed by atoms with Crippen LogP contribution in [0.2, 0.25) is 0 Å². The number of nitrogens with one attached hydrogen (secondary N) is 1. The summed E-state index contributed by atoms with van der Waals surface area (Å²) < 4.78 is 14.7. The summed E-state index contributed by atoms with van der Waals surface area (Å²) in [6, 6.07) is 12.6. The molecule has 21 heavy (non-hydrogen) atoms. The predicted molar refractivity (Wildman–Crippen MR) is 77.1 cm³/mol. The number of carbonyl (C=O) groups excluding carboxylic acids is 1. The van der Waals surface area contributed by atoms with Crippen LogP contribution < -0.4 is 5.32 Å². The maximum absolute atomic E-state index is 13.1. The molecule has 0 fully saturated rings. The molecule has 0 saturated heterocycles. The van der Waals surface area contributed by atoms with E-state index < -0.39 is 0 Å². The molecule has 0 aliphatic rings. The second-order valence-electron chi connectivity index (χ2n) is 4.78. The highest BCUT2D eigenvalue weighted by atomic mass is 19.1. The Hall–Kier alpha value is -2.69. The zero-order chi connectivity index (χ0) is 14.7. The van der Waals surface area contributed by atoms with Crippen LogP contribution in [0, 0.1) is 5.82 Å². The molecule has 0 bridgehead atoms. The predicted octanol–water partition coefficient (Wildman–Crippen LogP) is 2.33. The normalized spacial score (nSPS) is 10.7. The van der Waals surface area contributed by atoms with Crippen LogP contribution in [0.15, 0.2) is 54.9 Å². The third kappa shape index (κ3) is 3.25. The zero-order valence-electron chi connectivity index (χ0n) is 11.3. The molecular weight excluding hydrogens is 269 g/mol. The number of imidazole rings is 1. The van der Waals surface area contributed by atoms with Gasteiger partial charge in [-0.05, 0) is 17.7 Å². The molecule has 0 atom stereocenters. The van der Waals surface area contributed by atoms with Crippen molar-refractivity contribution in [1.29, 1.82) is 0 Å². The number of benzene rings is 1. The smallest absolute Gasteiger partial charge is 0.226 e. The monoisotopic (exact) mass is 283 g/mol. The van der Waals surface area contributed by atoms with E-state index in [9.17, 15) is 9.18 Å². The van der Waals surface area contributed by atoms with Crippen LogP contribution in [0.1, 0.15) is 11.3 Å². The van der Waals surface area contributed by atoms with E-state index in [2.05, 4.69) is 10.3 Å². The number of amides is 1. The van der Waals surface area contributed by atoms with Crippen molar-refractivity contribution in [3.8, 4) is 0 Å². The number of aromatic nitrogens is 2. The molecule has 0 aliphatic heterocycles. The number of fused-ring (bicyclic) bond motifs is 1. The van der Waals surface area contributed by atoms with E-state index >= 15 is 0 Å². The van der Waals surface area contributed by atoms with Gasteiger partial charge in [-0.3, -0.25) is 4.79 Å². The number of pyridine rings is 1. The summed E-state index contributed by atoms with van der Waals surface area (Å²) in [4.78, 5) is 16.2. The molecule has 3 aromatic rings. The Morgan fingerprint density at radius 3 is 2.76 bits per heavy atom. The highest BCUT2D eigenvalue weighted by Crippen LogP contribution is 2.07. The van der Waals surface area contributed by atoms with Crippen molar-refractivity contribution in [2.24, 2.45) is 0 Å². The van der Waals surface area contributed by atoms with E-state index in [-0.39, 0.29) is 18.1 Å². The zero-order valence-corrected chi connectivity index (χ0v) is 11.3. The summed E-state index contributed by atoms with van der Waals surface area (Å²) >= 11 is 0. The van der Waals surface area contributed by atoms with Crippen molar-refractivity contribution < 1.29 is 9.18 Å². The first kappa shape index (κ1) is 13.3. The lowest BCUT2D eigenvalue weighted by molar-refractivity contribution is -0.120. The van der Waals surface area contributed by atoms with Crippen LogP contribution in [0.25, 0.3) is 5.65 Å². The molecule has 1 amide bonds. The van der Waals surface area contributed by atoms with Gasteiger partial charge in [0, 0.05) is 18.9 Å². The SMILES string of the molecule is O=C(Cc1cn2cc(F)ccc2n1)NCc1ccccc1. The van der Waals surface area contributed by atoms with Crippen LogP contribution in [-0.2, 0) is 17.8 Å². The lowest BCUT2D eigenvalue weighted by Crippen LogP contribution is -2.24. The van der Waals surface area contributed by atoms with Crippen LogP contribution in [-0.4, -0.2) is 15.3 Å². The third-order valence-electron chi connectivity index (χ3n) is 3.14. The van der Waals surface area contributed by atoms with Crippen molar-refractivity contribution in [2.75, 3.05) is 0 Å². The highest BCUT2D eigenvalue weighted by Gasteiger charge is 2.08. The van der Waals surface area contributed by atoms with Gasteiger partial charge in [-0.15, -0.1) is 0 Å². The lowest BCUT2D eigenvalue weighted by atomic mass is 10.2. The van der Waals surface area contributed by atoms with Crippen molar-refractivity contribution >= 4 is 11.6 Å². The first-order valence-corrected chi connectivity index (χ1v) is 6.64. The minimum atomic E-state index is -0.333. The molecule has 1 aromatic carbocycles. The van der Waals surface area contributed by atoms with Gasteiger partial charge < -0.3 is 9.72 Å². The fourth-order valence-electron chi connectivity index (χ4n) is 2.13. The molecular formula is C16H14FN3O. The molecule has 0 unspecified atom stereocenters. The van der Waals surface area contributed by atoms with Gasteiger partial charge in [0.2, 0.25) is 5.91 Å². The second-order valence-corrected chi connectivity index (χ2v) is 4.78. The molecule has 0 aliphatic carbocycles. The standard InChI is InChI=1S/C16H14FN3O/c17-13-6-7-15-19-14(11-20(15)10-13)8-16(21)18-9-12-4-2-1-3-5-12/h1-7,10-11H,8-9H2,(H,18,21). The Bertz CT molecular complexity index is 768. The summed E-state index contributed by atoms with van der Waals surface area (Å²) in [5.74, 6) is -0.442. The molecule has 106 valence electrons. The Morgan fingerprint density at radius 2 is 1.95 bits per heavy atom. The summed E-state index contributed by atoms with van der Waals surface area (Å²) in [6.45, 7) is 0.488. The molecule has 0 saturated carbocycles. The minimum Gasteiger partial charge on any atom is -0.352 e. The van der Waals surface area contributed by atoms with Crippen molar-refractivity contribution in [1.82, 2.24) is 14.7 Å². The van der Waals surface area contributed by atoms with Gasteiger partial charge in [-0.25, -0.2) is 9.37 Å². The van der Waals surface area contributed by atoms with Crippen molar-refractivity contribution in [3.05, 3.63) is 71.9 Å². The largest absolute Gasteiger partial charge is 0.352 e.